The lowest BCUT2D eigenvalue weighted by molar-refractivity contribution is 0.621. The Balaban J connectivity index is 0.000000226. The minimum Gasteiger partial charge on any atom is -0.262 e. The maximum Gasteiger partial charge on any atom is 0.141 e. The molecule has 74 valence electrons. The summed E-state index contributed by atoms with van der Waals surface area (Å²) in [6.07, 6.45) is 6.43. The van der Waals surface area contributed by atoms with Crippen molar-refractivity contribution < 1.29 is 4.39 Å². The Kier molecular flexibility index (Phi) is 9.00. The highest BCUT2D eigenvalue weighted by Crippen LogP contribution is 1.93. The van der Waals surface area contributed by atoms with Crippen molar-refractivity contribution in [3.63, 3.8) is 0 Å². The zero-order valence-electron chi connectivity index (χ0n) is 7.84. The molecule has 0 bridgehead atoms. The minimum absolute atomic E-state index is 0.289. The first-order valence-electron chi connectivity index (χ1n) is 4.42. The van der Waals surface area contributed by atoms with Crippen molar-refractivity contribution in [2.45, 2.75) is 26.2 Å². The van der Waals surface area contributed by atoms with Crippen LogP contribution in [0.15, 0.2) is 24.5 Å². The topological polar surface area (TPSA) is 12.9 Å². The largest absolute Gasteiger partial charge is 0.262 e. The van der Waals surface area contributed by atoms with Crippen LogP contribution in [0.25, 0.3) is 0 Å². The lowest BCUT2D eigenvalue weighted by Crippen LogP contribution is -1.70. The number of nitrogens with zero attached hydrogens (tertiary/aromatic N) is 1. The van der Waals surface area contributed by atoms with Crippen LogP contribution in [-0.2, 0) is 0 Å². The number of hydrogen-bond donors (Lipinski definition) is 0. The smallest absolute Gasteiger partial charge is 0.141 e. The van der Waals surface area contributed by atoms with Gasteiger partial charge in [0.1, 0.15) is 5.82 Å². The summed E-state index contributed by atoms with van der Waals surface area (Å²) in [5.74, 6) is 0.538. The molecule has 1 nitrogen and oxygen atoms in total. The molecule has 0 saturated heterocycles. The fourth-order valence-corrected chi connectivity index (χ4v) is 0.875. The summed E-state index contributed by atoms with van der Waals surface area (Å²) in [5, 5.41) is 0. The van der Waals surface area contributed by atoms with Crippen molar-refractivity contribution in [1.29, 1.82) is 0 Å². The summed E-state index contributed by atoms with van der Waals surface area (Å²) >= 11 is 5.38. The highest BCUT2D eigenvalue weighted by molar-refractivity contribution is 6.17. The van der Waals surface area contributed by atoms with Crippen LogP contribution in [0, 0.1) is 5.82 Å². The normalized spacial score (nSPS) is 8.85. The molecule has 0 fully saturated rings. The van der Waals surface area contributed by atoms with E-state index in [1.807, 2.05) is 0 Å². The first-order valence-corrected chi connectivity index (χ1v) is 4.96. The van der Waals surface area contributed by atoms with Crippen LogP contribution in [0.5, 0.6) is 0 Å². The Labute approximate surface area is 84.0 Å². The second-order valence-corrected chi connectivity index (χ2v) is 2.95. The average molecular weight is 204 g/mol. The number of pyridine rings is 1. The third-order valence-corrected chi connectivity index (χ3v) is 1.63. The van der Waals surface area contributed by atoms with Gasteiger partial charge in [-0.1, -0.05) is 19.8 Å². The molecular formula is C10H15ClFN. The van der Waals surface area contributed by atoms with Gasteiger partial charge in [0, 0.05) is 12.1 Å². The van der Waals surface area contributed by atoms with Gasteiger partial charge in [-0.15, -0.1) is 11.6 Å². The summed E-state index contributed by atoms with van der Waals surface area (Å²) in [6.45, 7) is 2.17. The molecule has 0 aliphatic carbocycles. The molecule has 0 amide bonds. The lowest BCUT2D eigenvalue weighted by atomic mass is 10.3. The summed E-state index contributed by atoms with van der Waals surface area (Å²) in [6, 6.07) is 2.91. The first kappa shape index (κ1) is 12.4. The summed E-state index contributed by atoms with van der Waals surface area (Å²) in [7, 11) is 0. The summed E-state index contributed by atoms with van der Waals surface area (Å²) in [4.78, 5) is 3.51. The SMILES string of the molecule is CCCCCCl.Fc1cccnc1. The molecule has 0 spiro atoms. The second-order valence-electron chi connectivity index (χ2n) is 2.57. The van der Waals surface area contributed by atoms with E-state index in [2.05, 4.69) is 11.9 Å². The Morgan fingerprint density at radius 3 is 2.46 bits per heavy atom. The van der Waals surface area contributed by atoms with Gasteiger partial charge in [0.2, 0.25) is 0 Å². The van der Waals surface area contributed by atoms with Crippen LogP contribution in [0.1, 0.15) is 26.2 Å². The van der Waals surface area contributed by atoms with E-state index in [1.165, 1.54) is 37.7 Å². The number of halogens is 2. The molecule has 3 heteroatoms. The molecule has 0 aliphatic heterocycles. The molecule has 1 aromatic heterocycles. The molecule has 13 heavy (non-hydrogen) atoms. The fourth-order valence-electron chi connectivity index (χ4n) is 0.686. The summed E-state index contributed by atoms with van der Waals surface area (Å²) in [5.41, 5.74) is 0. The van der Waals surface area contributed by atoms with Gasteiger partial charge in [-0.05, 0) is 18.6 Å². The van der Waals surface area contributed by atoms with Crippen molar-refractivity contribution in [3.05, 3.63) is 30.3 Å². The Bertz CT molecular complexity index is 187. The zero-order valence-corrected chi connectivity index (χ0v) is 8.60. The highest BCUT2D eigenvalue weighted by Gasteiger charge is 1.78. The van der Waals surface area contributed by atoms with E-state index in [-0.39, 0.29) is 5.82 Å². The number of aromatic nitrogens is 1. The summed E-state index contributed by atoms with van der Waals surface area (Å²) < 4.78 is 11.8. The number of rotatable bonds is 3. The molecule has 0 radical (unpaired) electrons. The quantitative estimate of drug-likeness (QED) is 0.540. The number of hydrogen-bond acceptors (Lipinski definition) is 1. The predicted octanol–water partition coefficient (Wildman–Crippen LogP) is 3.64. The molecule has 0 atom stereocenters. The van der Waals surface area contributed by atoms with E-state index in [9.17, 15) is 4.39 Å². The van der Waals surface area contributed by atoms with Crippen molar-refractivity contribution in [1.82, 2.24) is 4.98 Å². The van der Waals surface area contributed by atoms with Crippen LogP contribution in [0.2, 0.25) is 0 Å². The Morgan fingerprint density at radius 2 is 2.23 bits per heavy atom. The zero-order chi connectivity index (χ0) is 9.94. The van der Waals surface area contributed by atoms with Gasteiger partial charge in [0.05, 0.1) is 6.20 Å². The van der Waals surface area contributed by atoms with E-state index < -0.39 is 0 Å². The monoisotopic (exact) mass is 203 g/mol. The minimum atomic E-state index is -0.289. The third-order valence-electron chi connectivity index (χ3n) is 1.36. The number of unbranched alkanes of at least 4 members (excludes halogenated alkanes) is 2. The molecular weight excluding hydrogens is 189 g/mol. The van der Waals surface area contributed by atoms with Gasteiger partial charge >= 0.3 is 0 Å². The third kappa shape index (κ3) is 9.28. The molecule has 1 heterocycles. The van der Waals surface area contributed by atoms with E-state index in [0.717, 1.165) is 5.88 Å². The van der Waals surface area contributed by atoms with Crippen molar-refractivity contribution in [2.75, 3.05) is 5.88 Å². The Morgan fingerprint density at radius 1 is 1.46 bits per heavy atom. The van der Waals surface area contributed by atoms with Crippen LogP contribution in [-0.4, -0.2) is 10.9 Å². The van der Waals surface area contributed by atoms with Gasteiger partial charge in [0.15, 0.2) is 0 Å². The maximum atomic E-state index is 11.8. The van der Waals surface area contributed by atoms with Gasteiger partial charge in [0.25, 0.3) is 0 Å². The van der Waals surface area contributed by atoms with E-state index in [1.54, 1.807) is 6.07 Å². The molecule has 0 aromatic carbocycles. The highest BCUT2D eigenvalue weighted by atomic mass is 35.5. The van der Waals surface area contributed by atoms with Crippen LogP contribution < -0.4 is 0 Å². The fraction of sp³-hybridized carbons (Fsp3) is 0.500. The molecule has 1 aromatic rings. The van der Waals surface area contributed by atoms with Crippen molar-refractivity contribution in [3.8, 4) is 0 Å². The standard InChI is InChI=1S/C5H11Cl.C5H4FN/c1-2-3-4-5-6;6-5-2-1-3-7-4-5/h2-5H2,1H3;1-4H. The lowest BCUT2D eigenvalue weighted by Gasteiger charge is -1.84. The second kappa shape index (κ2) is 9.46. The van der Waals surface area contributed by atoms with E-state index in [0.29, 0.717) is 0 Å². The Hall–Kier alpha value is -0.630. The molecule has 0 unspecified atom stereocenters. The van der Waals surface area contributed by atoms with Crippen LogP contribution >= 0.6 is 11.6 Å². The van der Waals surface area contributed by atoms with Crippen LogP contribution in [0.3, 0.4) is 0 Å². The van der Waals surface area contributed by atoms with Gasteiger partial charge in [-0.3, -0.25) is 4.98 Å². The van der Waals surface area contributed by atoms with E-state index >= 15 is 0 Å². The van der Waals surface area contributed by atoms with Gasteiger partial charge in [-0.2, -0.15) is 0 Å². The predicted molar refractivity (Wildman–Crippen MR) is 54.4 cm³/mol. The molecule has 1 rings (SSSR count). The number of alkyl halides is 1. The van der Waals surface area contributed by atoms with Crippen LogP contribution in [0.4, 0.5) is 4.39 Å². The molecule has 0 aliphatic rings. The first-order chi connectivity index (χ1) is 6.31. The van der Waals surface area contributed by atoms with Crippen molar-refractivity contribution in [2.24, 2.45) is 0 Å². The average Bonchev–Trinajstić information content (AvgIpc) is 2.17. The molecule has 0 saturated carbocycles. The van der Waals surface area contributed by atoms with E-state index in [4.69, 9.17) is 11.6 Å². The molecule has 0 N–H and O–H groups in total. The van der Waals surface area contributed by atoms with Gasteiger partial charge < -0.3 is 0 Å². The maximum absolute atomic E-state index is 11.8. The van der Waals surface area contributed by atoms with Gasteiger partial charge in [-0.25, -0.2) is 4.39 Å². The van der Waals surface area contributed by atoms with Crippen molar-refractivity contribution >= 4 is 11.6 Å².